The highest BCUT2D eigenvalue weighted by Gasteiger charge is 2.34. The maximum absolute atomic E-state index is 14.3. The lowest BCUT2D eigenvalue weighted by Crippen LogP contribution is -3.15. The molecule has 1 aliphatic heterocycles. The zero-order chi connectivity index (χ0) is 21.9. The van der Waals surface area contributed by atoms with Gasteiger partial charge in [0.05, 0.1) is 38.4 Å². The number of quaternary nitrogens is 1. The van der Waals surface area contributed by atoms with Gasteiger partial charge in [-0.05, 0) is 46.1 Å². The maximum atomic E-state index is 14.3. The molecule has 0 aliphatic carbocycles. The van der Waals surface area contributed by atoms with E-state index in [4.69, 9.17) is 11.6 Å². The van der Waals surface area contributed by atoms with Crippen LogP contribution < -0.4 is 9.80 Å². The summed E-state index contributed by atoms with van der Waals surface area (Å²) in [7, 11) is 0. The van der Waals surface area contributed by atoms with Crippen molar-refractivity contribution in [2.24, 2.45) is 0 Å². The zero-order valence-corrected chi connectivity index (χ0v) is 18.9. The first-order valence-corrected chi connectivity index (χ1v) is 11.8. The van der Waals surface area contributed by atoms with Crippen LogP contribution in [0.5, 0.6) is 0 Å². The third-order valence-electron chi connectivity index (χ3n) is 5.91. The van der Waals surface area contributed by atoms with Crippen LogP contribution in [0.25, 0.3) is 0 Å². The van der Waals surface area contributed by atoms with Gasteiger partial charge in [-0.15, -0.1) is 16.4 Å². The first kappa shape index (κ1) is 21.1. The number of aromatic nitrogens is 4. The Morgan fingerprint density at radius 3 is 2.53 bits per heavy atom. The summed E-state index contributed by atoms with van der Waals surface area (Å²) in [6.07, 6.45) is 0. The zero-order valence-electron chi connectivity index (χ0n) is 17.4. The molecule has 164 valence electrons. The number of nitrogens with zero attached hydrogens (tertiary/aromatic N) is 5. The number of tetrazole rings is 1. The van der Waals surface area contributed by atoms with Crippen LogP contribution in [0.3, 0.4) is 0 Å². The van der Waals surface area contributed by atoms with Crippen molar-refractivity contribution < 1.29 is 9.29 Å². The molecule has 1 N–H and O–H groups in total. The van der Waals surface area contributed by atoms with Crippen LogP contribution >= 0.6 is 22.9 Å². The molecular formula is C23H23ClFN6S+. The number of nitrogens with one attached hydrogen (secondary N) is 1. The second-order valence-corrected chi connectivity index (χ2v) is 9.32. The van der Waals surface area contributed by atoms with Gasteiger partial charge < -0.3 is 9.80 Å². The molecule has 1 atom stereocenters. The SMILES string of the molecule is Fc1ccccc1N1CC[NH+]([C@@H](c2ccc(Cl)cc2)c2nnnn2Cc2cccs2)CC1. The van der Waals surface area contributed by atoms with E-state index in [1.54, 1.807) is 17.4 Å². The summed E-state index contributed by atoms with van der Waals surface area (Å²) in [6.45, 7) is 3.83. The van der Waals surface area contributed by atoms with Crippen LogP contribution in [0, 0.1) is 5.82 Å². The lowest BCUT2D eigenvalue weighted by Gasteiger charge is -2.37. The molecule has 9 heteroatoms. The van der Waals surface area contributed by atoms with Gasteiger partial charge in [0.2, 0.25) is 5.82 Å². The van der Waals surface area contributed by atoms with Gasteiger partial charge >= 0.3 is 0 Å². The number of benzene rings is 2. The van der Waals surface area contributed by atoms with Gasteiger partial charge in [0.1, 0.15) is 5.82 Å². The Labute approximate surface area is 194 Å². The molecule has 1 saturated heterocycles. The lowest BCUT2D eigenvalue weighted by molar-refractivity contribution is -0.927. The molecular weight excluding hydrogens is 447 g/mol. The lowest BCUT2D eigenvalue weighted by atomic mass is 10.0. The predicted molar refractivity (Wildman–Crippen MR) is 124 cm³/mol. The molecule has 0 bridgehead atoms. The van der Waals surface area contributed by atoms with Crippen LogP contribution in [0.2, 0.25) is 5.02 Å². The highest BCUT2D eigenvalue weighted by molar-refractivity contribution is 7.09. The topological polar surface area (TPSA) is 51.3 Å². The number of halogens is 2. The second kappa shape index (κ2) is 9.36. The van der Waals surface area contributed by atoms with E-state index in [1.165, 1.54) is 15.8 Å². The number of para-hydroxylation sites is 1. The summed E-state index contributed by atoms with van der Waals surface area (Å²) >= 11 is 7.85. The molecule has 1 aliphatic rings. The Balaban J connectivity index is 1.43. The van der Waals surface area contributed by atoms with Crippen LogP contribution in [0.15, 0.2) is 66.0 Å². The predicted octanol–water partition coefficient (Wildman–Crippen LogP) is 3.07. The number of hydrogen-bond acceptors (Lipinski definition) is 5. The van der Waals surface area contributed by atoms with Gasteiger partial charge in [-0.1, -0.05) is 41.9 Å². The highest BCUT2D eigenvalue weighted by Crippen LogP contribution is 2.23. The fourth-order valence-electron chi connectivity index (χ4n) is 4.34. The van der Waals surface area contributed by atoms with Gasteiger partial charge in [0.15, 0.2) is 6.04 Å². The van der Waals surface area contributed by atoms with Crippen LogP contribution in [0.1, 0.15) is 22.3 Å². The van der Waals surface area contributed by atoms with E-state index in [0.29, 0.717) is 17.3 Å². The Morgan fingerprint density at radius 2 is 1.81 bits per heavy atom. The fourth-order valence-corrected chi connectivity index (χ4v) is 5.15. The largest absolute Gasteiger partial charge is 0.358 e. The van der Waals surface area contributed by atoms with E-state index >= 15 is 0 Å². The molecule has 0 saturated carbocycles. The molecule has 5 rings (SSSR count). The van der Waals surface area contributed by atoms with Gasteiger partial charge in [0, 0.05) is 15.5 Å². The average molecular weight is 470 g/mol. The molecule has 0 radical (unpaired) electrons. The van der Waals surface area contributed by atoms with E-state index in [9.17, 15) is 4.39 Å². The summed E-state index contributed by atoms with van der Waals surface area (Å²) in [5.74, 6) is 0.653. The van der Waals surface area contributed by atoms with Gasteiger partial charge in [-0.3, -0.25) is 0 Å². The van der Waals surface area contributed by atoms with Crippen molar-refractivity contribution in [2.75, 3.05) is 31.1 Å². The number of piperazine rings is 1. The first-order valence-electron chi connectivity index (χ1n) is 10.6. The molecule has 0 unspecified atom stereocenters. The molecule has 6 nitrogen and oxygen atoms in total. The normalized spacial score (nSPS) is 15.8. The van der Waals surface area contributed by atoms with E-state index in [-0.39, 0.29) is 11.9 Å². The van der Waals surface area contributed by atoms with E-state index in [0.717, 1.165) is 37.6 Å². The molecule has 4 aromatic rings. The number of anilines is 1. The molecule has 0 amide bonds. The van der Waals surface area contributed by atoms with Crippen molar-refractivity contribution in [3.63, 3.8) is 0 Å². The monoisotopic (exact) mass is 469 g/mol. The smallest absolute Gasteiger partial charge is 0.214 e. The fraction of sp³-hybridized carbons (Fsp3) is 0.261. The number of thiophene rings is 1. The standard InChI is InChI=1S/C23H22ClFN6S/c24-18-9-7-17(8-10-18)22(23-26-27-28-31(23)16-19-4-3-15-32-19)30-13-11-29(12-14-30)21-6-2-1-5-20(21)25/h1-10,15,22H,11-14,16H2/p+1/t22-/m0/s1. The second-order valence-electron chi connectivity index (χ2n) is 7.86. The first-order chi connectivity index (χ1) is 15.7. The van der Waals surface area contributed by atoms with Crippen LogP contribution in [0.4, 0.5) is 10.1 Å². The minimum atomic E-state index is -0.176. The Kier molecular flexibility index (Phi) is 6.16. The van der Waals surface area contributed by atoms with Gasteiger partial charge in [0.25, 0.3) is 0 Å². The van der Waals surface area contributed by atoms with E-state index in [1.807, 2.05) is 47.1 Å². The number of rotatable bonds is 6. The summed E-state index contributed by atoms with van der Waals surface area (Å²) < 4.78 is 16.2. The van der Waals surface area contributed by atoms with Gasteiger partial charge in [-0.25, -0.2) is 9.07 Å². The minimum Gasteiger partial charge on any atom is -0.358 e. The number of hydrogen-bond donors (Lipinski definition) is 1. The third kappa shape index (κ3) is 4.39. The van der Waals surface area contributed by atoms with Crippen LogP contribution in [-0.4, -0.2) is 46.4 Å². The molecule has 32 heavy (non-hydrogen) atoms. The Hall–Kier alpha value is -2.81. The molecule has 0 spiro atoms. The minimum absolute atomic E-state index is 0.0370. The van der Waals surface area contributed by atoms with Crippen molar-refractivity contribution in [3.05, 3.63) is 93.1 Å². The Morgan fingerprint density at radius 1 is 1.03 bits per heavy atom. The van der Waals surface area contributed by atoms with Gasteiger partial charge in [-0.2, -0.15) is 0 Å². The quantitative estimate of drug-likeness (QED) is 0.471. The van der Waals surface area contributed by atoms with Crippen molar-refractivity contribution in [3.8, 4) is 0 Å². The maximum Gasteiger partial charge on any atom is 0.214 e. The molecule has 3 heterocycles. The summed E-state index contributed by atoms with van der Waals surface area (Å²) in [5, 5.41) is 15.5. The highest BCUT2D eigenvalue weighted by atomic mass is 35.5. The summed E-state index contributed by atoms with van der Waals surface area (Å²) in [5.41, 5.74) is 1.78. The van der Waals surface area contributed by atoms with Crippen LogP contribution in [-0.2, 0) is 6.54 Å². The Bertz CT molecular complexity index is 1160. The summed E-state index contributed by atoms with van der Waals surface area (Å²) in [4.78, 5) is 4.67. The van der Waals surface area contributed by atoms with Crippen molar-refractivity contribution in [1.82, 2.24) is 20.2 Å². The van der Waals surface area contributed by atoms with E-state index < -0.39 is 0 Å². The molecule has 2 aromatic carbocycles. The molecule has 1 fully saturated rings. The van der Waals surface area contributed by atoms with E-state index in [2.05, 4.69) is 31.9 Å². The third-order valence-corrected chi connectivity index (χ3v) is 7.03. The average Bonchev–Trinajstić information content (AvgIpc) is 3.49. The van der Waals surface area contributed by atoms with Crippen molar-refractivity contribution >= 4 is 28.6 Å². The summed E-state index contributed by atoms with van der Waals surface area (Å²) in [6, 6.07) is 19.0. The van der Waals surface area contributed by atoms with Crippen molar-refractivity contribution in [2.45, 2.75) is 12.6 Å². The molecule has 2 aromatic heterocycles. The van der Waals surface area contributed by atoms with Crippen molar-refractivity contribution in [1.29, 1.82) is 0 Å².